The summed E-state index contributed by atoms with van der Waals surface area (Å²) in [4.78, 5) is 8.80. The predicted octanol–water partition coefficient (Wildman–Crippen LogP) is 4.45. The molecule has 2 heteroatoms. The Kier molecular flexibility index (Phi) is 2.46. The highest BCUT2D eigenvalue weighted by atomic mass is 14.7. The maximum atomic E-state index is 4.61. The van der Waals surface area contributed by atoms with Crippen molar-refractivity contribution < 1.29 is 0 Å². The van der Waals surface area contributed by atoms with Crippen molar-refractivity contribution in [1.29, 1.82) is 0 Å². The molecule has 0 atom stereocenters. The highest BCUT2D eigenvalue weighted by molar-refractivity contribution is 6.03. The van der Waals surface area contributed by atoms with Gasteiger partial charge in [0.1, 0.15) is 0 Å². The molecule has 0 aliphatic carbocycles. The molecule has 2 heterocycles. The van der Waals surface area contributed by atoms with Gasteiger partial charge in [-0.15, -0.1) is 0 Å². The van der Waals surface area contributed by atoms with E-state index in [2.05, 4.69) is 52.4 Å². The maximum absolute atomic E-state index is 4.61. The van der Waals surface area contributed by atoms with Crippen LogP contribution in [0.25, 0.3) is 32.8 Å². The summed E-state index contributed by atoms with van der Waals surface area (Å²) in [6, 6.07) is 18.7. The van der Waals surface area contributed by atoms with Crippen molar-refractivity contribution in [2.45, 2.75) is 0 Å². The summed E-state index contributed by atoms with van der Waals surface area (Å²) in [5.74, 6) is 0. The lowest BCUT2D eigenvalue weighted by atomic mass is 9.99. The van der Waals surface area contributed by atoms with Crippen molar-refractivity contribution >= 4 is 21.5 Å². The zero-order valence-electron chi connectivity index (χ0n) is 10.8. The van der Waals surface area contributed by atoms with Crippen molar-refractivity contribution in [3.8, 4) is 11.3 Å². The van der Waals surface area contributed by atoms with Crippen molar-refractivity contribution in [2.24, 2.45) is 0 Å². The van der Waals surface area contributed by atoms with E-state index in [1.165, 1.54) is 16.2 Å². The smallest absolute Gasteiger partial charge is 0.0786 e. The molecular weight excluding hydrogens is 244 g/mol. The Bertz CT molecular complexity index is 825. The molecule has 20 heavy (non-hydrogen) atoms. The second-order valence-corrected chi connectivity index (χ2v) is 4.78. The molecule has 0 N–H and O–H groups in total. The average molecular weight is 256 g/mol. The summed E-state index contributed by atoms with van der Waals surface area (Å²) in [6.45, 7) is 0. The van der Waals surface area contributed by atoms with Crippen molar-refractivity contribution in [1.82, 2.24) is 9.97 Å². The van der Waals surface area contributed by atoms with E-state index in [1.54, 1.807) is 0 Å². The van der Waals surface area contributed by atoms with Gasteiger partial charge in [-0.1, -0.05) is 42.5 Å². The third kappa shape index (κ3) is 1.66. The lowest BCUT2D eigenvalue weighted by Gasteiger charge is -2.08. The molecule has 0 amide bonds. The number of pyridine rings is 2. The molecule has 94 valence electrons. The number of hydrogen-bond donors (Lipinski definition) is 0. The predicted molar refractivity (Wildman–Crippen MR) is 82.5 cm³/mol. The molecule has 4 aromatic rings. The maximum Gasteiger partial charge on any atom is 0.0786 e. The summed E-state index contributed by atoms with van der Waals surface area (Å²) in [5.41, 5.74) is 2.18. The monoisotopic (exact) mass is 256 g/mol. The Hall–Kier alpha value is -2.74. The molecule has 0 spiro atoms. The minimum Gasteiger partial charge on any atom is -0.264 e. The molecule has 4 rings (SSSR count). The Morgan fingerprint density at radius 3 is 2.55 bits per heavy atom. The molecule has 0 saturated carbocycles. The number of rotatable bonds is 1. The number of hydrogen-bond acceptors (Lipinski definition) is 2. The zero-order valence-corrected chi connectivity index (χ0v) is 10.8. The fourth-order valence-electron chi connectivity index (χ4n) is 2.66. The summed E-state index contributed by atoms with van der Waals surface area (Å²) in [5, 5.41) is 4.72. The number of fused-ring (bicyclic) bond motifs is 2. The van der Waals surface area contributed by atoms with Crippen LogP contribution in [0.15, 0.2) is 73.2 Å². The Balaban J connectivity index is 2.12. The van der Waals surface area contributed by atoms with Gasteiger partial charge in [0, 0.05) is 34.9 Å². The number of benzene rings is 2. The van der Waals surface area contributed by atoms with Gasteiger partial charge in [0.05, 0.1) is 5.69 Å². The molecule has 0 bridgehead atoms. The van der Waals surface area contributed by atoms with E-state index >= 15 is 0 Å². The van der Waals surface area contributed by atoms with E-state index in [1.807, 2.05) is 30.7 Å². The van der Waals surface area contributed by atoms with E-state index in [4.69, 9.17) is 0 Å². The molecule has 2 nitrogen and oxygen atoms in total. The third-order valence-electron chi connectivity index (χ3n) is 3.61. The van der Waals surface area contributed by atoms with Crippen molar-refractivity contribution in [2.75, 3.05) is 0 Å². The fourth-order valence-corrected chi connectivity index (χ4v) is 2.66. The molecule has 2 aromatic heterocycles. The average Bonchev–Trinajstić information content (AvgIpc) is 2.54. The molecule has 0 fully saturated rings. The van der Waals surface area contributed by atoms with E-state index in [0.717, 1.165) is 16.6 Å². The van der Waals surface area contributed by atoms with Crippen LogP contribution in [0.2, 0.25) is 0 Å². The summed E-state index contributed by atoms with van der Waals surface area (Å²) in [7, 11) is 0. The van der Waals surface area contributed by atoms with E-state index < -0.39 is 0 Å². The van der Waals surface area contributed by atoms with Crippen LogP contribution in [0, 0.1) is 0 Å². The summed E-state index contributed by atoms with van der Waals surface area (Å²) < 4.78 is 0. The number of nitrogens with zero attached hydrogens (tertiary/aromatic N) is 2. The van der Waals surface area contributed by atoms with Crippen LogP contribution >= 0.6 is 0 Å². The molecule has 2 aromatic carbocycles. The fraction of sp³-hybridized carbons (Fsp3) is 0. The van der Waals surface area contributed by atoms with Gasteiger partial charge in [0.25, 0.3) is 0 Å². The first-order chi connectivity index (χ1) is 9.93. The Morgan fingerprint density at radius 2 is 1.55 bits per heavy atom. The number of aromatic nitrogens is 2. The van der Waals surface area contributed by atoms with Gasteiger partial charge in [-0.05, 0) is 22.9 Å². The van der Waals surface area contributed by atoms with E-state index in [-0.39, 0.29) is 0 Å². The minimum atomic E-state index is 1.03. The lowest BCUT2D eigenvalue weighted by molar-refractivity contribution is 1.35. The molecule has 0 aliphatic heterocycles. The van der Waals surface area contributed by atoms with Crippen LogP contribution in [-0.4, -0.2) is 9.97 Å². The van der Waals surface area contributed by atoms with Gasteiger partial charge in [0.2, 0.25) is 0 Å². The van der Waals surface area contributed by atoms with E-state index in [9.17, 15) is 0 Å². The largest absolute Gasteiger partial charge is 0.264 e. The minimum absolute atomic E-state index is 1.03. The second kappa shape index (κ2) is 4.42. The highest BCUT2D eigenvalue weighted by Crippen LogP contribution is 2.31. The van der Waals surface area contributed by atoms with E-state index in [0.29, 0.717) is 0 Å². The Labute approximate surface area is 116 Å². The van der Waals surface area contributed by atoms with Gasteiger partial charge in [-0.25, -0.2) is 0 Å². The first-order valence-electron chi connectivity index (χ1n) is 6.60. The van der Waals surface area contributed by atoms with Crippen molar-refractivity contribution in [3.05, 3.63) is 73.2 Å². The lowest BCUT2D eigenvalue weighted by Crippen LogP contribution is -1.87. The van der Waals surface area contributed by atoms with Gasteiger partial charge < -0.3 is 0 Å². The van der Waals surface area contributed by atoms with Crippen LogP contribution < -0.4 is 0 Å². The molecule has 0 radical (unpaired) electrons. The first-order valence-corrected chi connectivity index (χ1v) is 6.60. The molecule has 0 unspecified atom stereocenters. The summed E-state index contributed by atoms with van der Waals surface area (Å²) >= 11 is 0. The molecular formula is C18H12N2. The van der Waals surface area contributed by atoms with Gasteiger partial charge in [-0.3, -0.25) is 9.97 Å². The van der Waals surface area contributed by atoms with Crippen LogP contribution in [0.5, 0.6) is 0 Å². The zero-order chi connectivity index (χ0) is 13.4. The SMILES string of the molecule is c1cc(-c2nccc3ccccc23)c2ccncc2c1. The highest BCUT2D eigenvalue weighted by Gasteiger charge is 2.08. The van der Waals surface area contributed by atoms with Crippen LogP contribution in [-0.2, 0) is 0 Å². The quantitative estimate of drug-likeness (QED) is 0.503. The van der Waals surface area contributed by atoms with Crippen LogP contribution in [0.3, 0.4) is 0 Å². The Morgan fingerprint density at radius 1 is 0.650 bits per heavy atom. The van der Waals surface area contributed by atoms with Crippen LogP contribution in [0.1, 0.15) is 0 Å². The van der Waals surface area contributed by atoms with Gasteiger partial charge in [-0.2, -0.15) is 0 Å². The molecule has 0 saturated heterocycles. The topological polar surface area (TPSA) is 25.8 Å². The van der Waals surface area contributed by atoms with Gasteiger partial charge in [0.15, 0.2) is 0 Å². The normalized spacial score (nSPS) is 11.0. The summed E-state index contributed by atoms with van der Waals surface area (Å²) in [6.07, 6.45) is 5.60. The van der Waals surface area contributed by atoms with Crippen molar-refractivity contribution in [3.63, 3.8) is 0 Å². The first kappa shape index (κ1) is 11.1. The third-order valence-corrected chi connectivity index (χ3v) is 3.61. The molecule has 0 aliphatic rings. The second-order valence-electron chi connectivity index (χ2n) is 4.78. The van der Waals surface area contributed by atoms with Crippen LogP contribution in [0.4, 0.5) is 0 Å². The standard InChI is InChI=1S/C18H12N2/c1-2-6-16-13(4-1)8-11-20-18(16)17-7-3-5-14-12-19-10-9-15(14)17/h1-12H. The van der Waals surface area contributed by atoms with Gasteiger partial charge >= 0.3 is 0 Å².